The molecule has 1 N–H and O–H groups in total. The molecule has 0 aliphatic carbocycles. The van der Waals surface area contributed by atoms with Crippen LogP contribution in [0.2, 0.25) is 0 Å². The summed E-state index contributed by atoms with van der Waals surface area (Å²) in [6.07, 6.45) is 7.71. The van der Waals surface area contributed by atoms with Crippen LogP contribution in [0.15, 0.2) is 73.2 Å². The molecule has 1 aliphatic rings. The maximum absolute atomic E-state index is 5.49. The molecular formula is C26H27N5O. The standard InChI is InChI=1S/C26H27N5O/c1-31(22-10-14-32-15-11-22)18-19-5-7-20(8-6-19)25-16-21(9-13-28-25)23-17-29-30-26(23)24-4-2-3-12-27-24/h2-9,12-13,16-17,22H,10-11,14-15,18H2,1H3,(H,29,30). The number of ether oxygens (including phenoxy) is 1. The van der Waals surface area contributed by atoms with Crippen LogP contribution >= 0.6 is 0 Å². The highest BCUT2D eigenvalue weighted by atomic mass is 16.5. The van der Waals surface area contributed by atoms with E-state index in [0.717, 1.165) is 66.4 Å². The lowest BCUT2D eigenvalue weighted by Crippen LogP contribution is -2.36. The molecule has 0 amide bonds. The SMILES string of the molecule is CN(Cc1ccc(-c2cc(-c3cn[nH]c3-c3ccccn3)ccn2)cc1)C1CCOCC1. The van der Waals surface area contributed by atoms with Gasteiger partial charge in [-0.1, -0.05) is 30.3 Å². The maximum atomic E-state index is 5.49. The van der Waals surface area contributed by atoms with Crippen molar-refractivity contribution in [3.05, 3.63) is 78.8 Å². The highest BCUT2D eigenvalue weighted by Gasteiger charge is 2.18. The van der Waals surface area contributed by atoms with Crippen molar-refractivity contribution in [3.8, 4) is 33.8 Å². The molecule has 1 aliphatic heterocycles. The van der Waals surface area contributed by atoms with Crippen molar-refractivity contribution in [2.24, 2.45) is 0 Å². The monoisotopic (exact) mass is 425 g/mol. The van der Waals surface area contributed by atoms with E-state index < -0.39 is 0 Å². The molecule has 1 saturated heterocycles. The zero-order valence-corrected chi connectivity index (χ0v) is 18.2. The van der Waals surface area contributed by atoms with Gasteiger partial charge in [-0.05, 0) is 55.3 Å². The molecule has 5 rings (SSSR count). The summed E-state index contributed by atoms with van der Waals surface area (Å²) in [7, 11) is 2.21. The molecule has 0 bridgehead atoms. The van der Waals surface area contributed by atoms with Gasteiger partial charge in [-0.2, -0.15) is 5.10 Å². The zero-order chi connectivity index (χ0) is 21.8. The number of benzene rings is 1. The van der Waals surface area contributed by atoms with Gasteiger partial charge in [0.15, 0.2) is 0 Å². The van der Waals surface area contributed by atoms with Gasteiger partial charge in [-0.25, -0.2) is 0 Å². The molecule has 0 saturated carbocycles. The number of aromatic nitrogens is 4. The Balaban J connectivity index is 1.35. The number of hydrogen-bond donors (Lipinski definition) is 1. The molecule has 0 radical (unpaired) electrons. The van der Waals surface area contributed by atoms with Crippen molar-refractivity contribution >= 4 is 0 Å². The Kier molecular flexibility index (Phi) is 6.05. The lowest BCUT2D eigenvalue weighted by Gasteiger charge is -2.31. The molecule has 6 nitrogen and oxygen atoms in total. The highest BCUT2D eigenvalue weighted by molar-refractivity contribution is 5.80. The third-order valence-corrected chi connectivity index (χ3v) is 6.13. The second kappa shape index (κ2) is 9.42. The van der Waals surface area contributed by atoms with E-state index in [1.807, 2.05) is 36.7 Å². The predicted molar refractivity (Wildman–Crippen MR) is 126 cm³/mol. The van der Waals surface area contributed by atoms with Gasteiger partial charge in [-0.3, -0.25) is 20.0 Å². The second-order valence-corrected chi connectivity index (χ2v) is 8.26. The van der Waals surface area contributed by atoms with Gasteiger partial charge in [0.1, 0.15) is 0 Å². The fraction of sp³-hybridized carbons (Fsp3) is 0.269. The normalized spacial score (nSPS) is 14.7. The molecule has 0 atom stereocenters. The minimum absolute atomic E-state index is 0.602. The van der Waals surface area contributed by atoms with Gasteiger partial charge in [0.25, 0.3) is 0 Å². The molecule has 1 fully saturated rings. The summed E-state index contributed by atoms with van der Waals surface area (Å²) in [5.41, 5.74) is 7.22. The lowest BCUT2D eigenvalue weighted by atomic mass is 10.0. The van der Waals surface area contributed by atoms with Crippen molar-refractivity contribution in [2.45, 2.75) is 25.4 Å². The highest BCUT2D eigenvalue weighted by Crippen LogP contribution is 2.31. The molecule has 4 aromatic rings. The van der Waals surface area contributed by atoms with E-state index in [1.54, 1.807) is 6.20 Å². The van der Waals surface area contributed by atoms with E-state index in [-0.39, 0.29) is 0 Å². The van der Waals surface area contributed by atoms with Gasteiger partial charge in [0.05, 0.1) is 23.3 Å². The third kappa shape index (κ3) is 4.47. The minimum atomic E-state index is 0.602. The van der Waals surface area contributed by atoms with Crippen LogP contribution in [-0.4, -0.2) is 51.4 Å². The topological polar surface area (TPSA) is 66.9 Å². The molecular weight excluding hydrogens is 398 g/mol. The van der Waals surface area contributed by atoms with E-state index in [4.69, 9.17) is 4.74 Å². The molecule has 4 heterocycles. The summed E-state index contributed by atoms with van der Waals surface area (Å²) in [6.45, 7) is 2.68. The fourth-order valence-corrected chi connectivity index (χ4v) is 4.29. The average Bonchev–Trinajstić information content (AvgIpc) is 3.36. The van der Waals surface area contributed by atoms with Crippen LogP contribution < -0.4 is 0 Å². The van der Waals surface area contributed by atoms with Crippen molar-refractivity contribution in [1.82, 2.24) is 25.1 Å². The van der Waals surface area contributed by atoms with Crippen molar-refractivity contribution < 1.29 is 4.74 Å². The van der Waals surface area contributed by atoms with E-state index >= 15 is 0 Å². The van der Waals surface area contributed by atoms with Crippen LogP contribution in [-0.2, 0) is 11.3 Å². The fourth-order valence-electron chi connectivity index (χ4n) is 4.29. The lowest BCUT2D eigenvalue weighted by molar-refractivity contribution is 0.0407. The molecule has 0 unspecified atom stereocenters. The van der Waals surface area contributed by atoms with Crippen LogP contribution in [0.5, 0.6) is 0 Å². The Hall–Kier alpha value is -3.35. The summed E-state index contributed by atoms with van der Waals surface area (Å²) in [4.78, 5) is 11.5. The second-order valence-electron chi connectivity index (χ2n) is 8.26. The molecule has 0 spiro atoms. The largest absolute Gasteiger partial charge is 0.381 e. The van der Waals surface area contributed by atoms with Gasteiger partial charge in [0.2, 0.25) is 0 Å². The van der Waals surface area contributed by atoms with E-state index in [0.29, 0.717) is 6.04 Å². The predicted octanol–water partition coefficient (Wildman–Crippen LogP) is 4.81. The number of nitrogens with one attached hydrogen (secondary N) is 1. The quantitative estimate of drug-likeness (QED) is 0.480. The third-order valence-electron chi connectivity index (χ3n) is 6.13. The number of aromatic amines is 1. The number of hydrogen-bond acceptors (Lipinski definition) is 5. The van der Waals surface area contributed by atoms with Crippen molar-refractivity contribution in [3.63, 3.8) is 0 Å². The maximum Gasteiger partial charge on any atom is 0.0912 e. The number of nitrogens with zero attached hydrogens (tertiary/aromatic N) is 4. The Bertz CT molecular complexity index is 1150. The Morgan fingerprint density at radius 3 is 2.53 bits per heavy atom. The minimum Gasteiger partial charge on any atom is -0.381 e. The first-order valence-electron chi connectivity index (χ1n) is 11.1. The van der Waals surface area contributed by atoms with Gasteiger partial charge < -0.3 is 4.74 Å². The smallest absolute Gasteiger partial charge is 0.0912 e. The van der Waals surface area contributed by atoms with E-state index in [1.165, 1.54) is 5.56 Å². The average molecular weight is 426 g/mol. The van der Waals surface area contributed by atoms with Crippen molar-refractivity contribution in [1.29, 1.82) is 0 Å². The van der Waals surface area contributed by atoms with Gasteiger partial charge in [-0.15, -0.1) is 0 Å². The van der Waals surface area contributed by atoms with E-state index in [2.05, 4.69) is 62.4 Å². The molecule has 32 heavy (non-hydrogen) atoms. The van der Waals surface area contributed by atoms with Crippen molar-refractivity contribution in [2.75, 3.05) is 20.3 Å². The van der Waals surface area contributed by atoms with Gasteiger partial charge in [0, 0.05) is 49.3 Å². The first-order valence-corrected chi connectivity index (χ1v) is 11.1. The van der Waals surface area contributed by atoms with Crippen LogP contribution in [0.4, 0.5) is 0 Å². The summed E-state index contributed by atoms with van der Waals surface area (Å²) in [5, 5.41) is 7.34. The molecule has 3 aromatic heterocycles. The van der Waals surface area contributed by atoms with Crippen LogP contribution in [0.3, 0.4) is 0 Å². The Labute approximate surface area is 188 Å². The van der Waals surface area contributed by atoms with Gasteiger partial charge >= 0.3 is 0 Å². The van der Waals surface area contributed by atoms with Crippen LogP contribution in [0, 0.1) is 0 Å². The molecule has 1 aromatic carbocycles. The molecule has 6 heteroatoms. The zero-order valence-electron chi connectivity index (χ0n) is 18.2. The van der Waals surface area contributed by atoms with Crippen LogP contribution in [0.1, 0.15) is 18.4 Å². The Morgan fingerprint density at radius 2 is 1.75 bits per heavy atom. The first-order chi connectivity index (χ1) is 15.8. The Morgan fingerprint density at radius 1 is 0.938 bits per heavy atom. The van der Waals surface area contributed by atoms with Crippen LogP contribution in [0.25, 0.3) is 33.8 Å². The summed E-state index contributed by atoms with van der Waals surface area (Å²) in [6, 6.07) is 19.3. The number of H-pyrrole nitrogens is 1. The summed E-state index contributed by atoms with van der Waals surface area (Å²) >= 11 is 0. The number of pyridine rings is 2. The summed E-state index contributed by atoms with van der Waals surface area (Å²) < 4.78 is 5.49. The number of rotatable bonds is 6. The van der Waals surface area contributed by atoms with E-state index in [9.17, 15) is 0 Å². The first kappa shape index (κ1) is 20.5. The summed E-state index contributed by atoms with van der Waals surface area (Å²) in [5.74, 6) is 0. The molecule has 162 valence electrons.